The van der Waals surface area contributed by atoms with Crippen LogP contribution in [0.25, 0.3) is 0 Å². The molecular weight excluding hydrogens is 288 g/mol. The summed E-state index contributed by atoms with van der Waals surface area (Å²) in [6.45, 7) is 5.44. The average Bonchev–Trinajstić information content (AvgIpc) is 2.46. The second-order valence-corrected chi connectivity index (χ2v) is 5.29. The smallest absolute Gasteiger partial charge is 0.224 e. The van der Waals surface area contributed by atoms with Gasteiger partial charge in [-0.2, -0.15) is 0 Å². The summed E-state index contributed by atoms with van der Waals surface area (Å²) in [5.74, 6) is 0.575. The van der Waals surface area contributed by atoms with E-state index in [1.807, 2.05) is 18.2 Å². The van der Waals surface area contributed by atoms with Crippen molar-refractivity contribution in [2.75, 3.05) is 25.1 Å². The maximum Gasteiger partial charge on any atom is 0.224 e. The lowest BCUT2D eigenvalue weighted by molar-refractivity contribution is -0.117. The van der Waals surface area contributed by atoms with E-state index in [1.54, 1.807) is 0 Å². The molecule has 0 saturated carbocycles. The summed E-state index contributed by atoms with van der Waals surface area (Å²) in [6.07, 6.45) is 2.59. The molecule has 21 heavy (non-hydrogen) atoms. The van der Waals surface area contributed by atoms with Gasteiger partial charge in [0.2, 0.25) is 5.91 Å². The van der Waals surface area contributed by atoms with Crippen molar-refractivity contribution in [3.8, 4) is 0 Å². The van der Waals surface area contributed by atoms with Crippen LogP contribution in [0.4, 0.5) is 5.69 Å². The van der Waals surface area contributed by atoms with Gasteiger partial charge in [0.05, 0.1) is 0 Å². The maximum atomic E-state index is 12.0. The highest BCUT2D eigenvalue weighted by atomic mass is 35.5. The molecule has 0 radical (unpaired) electrons. The molecule has 1 amide bonds. The molecule has 1 fully saturated rings. The topological polar surface area (TPSA) is 50.4 Å². The summed E-state index contributed by atoms with van der Waals surface area (Å²) in [7, 11) is 0. The van der Waals surface area contributed by atoms with Crippen molar-refractivity contribution in [3.63, 3.8) is 0 Å². The fourth-order valence-electron chi connectivity index (χ4n) is 2.45. The molecule has 0 unspecified atom stereocenters. The Hall–Kier alpha value is -1.10. The van der Waals surface area contributed by atoms with Gasteiger partial charge >= 0.3 is 0 Å². The SMILES string of the molecule is CCNCc1cccc(NC(=O)CC2CCOCC2)c1.Cl. The number of carbonyl (C=O) groups excluding carboxylic acids is 1. The quantitative estimate of drug-likeness (QED) is 0.849. The minimum atomic E-state index is 0. The van der Waals surface area contributed by atoms with E-state index in [0.717, 1.165) is 44.8 Å². The van der Waals surface area contributed by atoms with Crippen LogP contribution in [0.5, 0.6) is 0 Å². The average molecular weight is 313 g/mol. The number of carbonyl (C=O) groups is 1. The lowest BCUT2D eigenvalue weighted by atomic mass is 9.96. The first-order chi connectivity index (χ1) is 9.78. The van der Waals surface area contributed by atoms with Crippen LogP contribution < -0.4 is 10.6 Å². The Labute approximate surface area is 133 Å². The molecule has 1 aromatic carbocycles. The fraction of sp³-hybridized carbons (Fsp3) is 0.562. The molecule has 0 atom stereocenters. The second-order valence-electron chi connectivity index (χ2n) is 5.29. The van der Waals surface area contributed by atoms with Gasteiger partial charge in [0.25, 0.3) is 0 Å². The number of hydrogen-bond acceptors (Lipinski definition) is 3. The zero-order valence-electron chi connectivity index (χ0n) is 12.6. The minimum Gasteiger partial charge on any atom is -0.381 e. The first-order valence-corrected chi connectivity index (χ1v) is 7.45. The summed E-state index contributed by atoms with van der Waals surface area (Å²) in [5.41, 5.74) is 2.08. The van der Waals surface area contributed by atoms with Crippen molar-refractivity contribution in [3.05, 3.63) is 29.8 Å². The van der Waals surface area contributed by atoms with Gasteiger partial charge in [-0.3, -0.25) is 4.79 Å². The molecule has 5 heteroatoms. The largest absolute Gasteiger partial charge is 0.381 e. The third kappa shape index (κ3) is 6.46. The molecule has 2 N–H and O–H groups in total. The van der Waals surface area contributed by atoms with Gasteiger partial charge in [0.15, 0.2) is 0 Å². The molecule has 0 bridgehead atoms. The second kappa shape index (κ2) is 9.77. The molecule has 1 aliphatic rings. The number of benzene rings is 1. The Balaban J connectivity index is 0.00000220. The molecule has 0 aliphatic carbocycles. The Morgan fingerprint density at radius 1 is 1.33 bits per heavy atom. The van der Waals surface area contributed by atoms with Crippen LogP contribution in [0.2, 0.25) is 0 Å². The van der Waals surface area contributed by atoms with E-state index in [4.69, 9.17) is 4.74 Å². The van der Waals surface area contributed by atoms with E-state index < -0.39 is 0 Å². The number of halogens is 1. The third-order valence-corrected chi connectivity index (χ3v) is 3.60. The van der Waals surface area contributed by atoms with Crippen molar-refractivity contribution < 1.29 is 9.53 Å². The highest BCUT2D eigenvalue weighted by Crippen LogP contribution is 2.19. The van der Waals surface area contributed by atoms with Crippen LogP contribution >= 0.6 is 12.4 Å². The summed E-state index contributed by atoms with van der Waals surface area (Å²) in [5, 5.41) is 6.28. The predicted octanol–water partition coefficient (Wildman–Crippen LogP) is 2.97. The van der Waals surface area contributed by atoms with Gasteiger partial charge in [-0.25, -0.2) is 0 Å². The van der Waals surface area contributed by atoms with Crippen molar-refractivity contribution in [2.45, 2.75) is 32.7 Å². The lowest BCUT2D eigenvalue weighted by Gasteiger charge is -2.21. The number of amides is 1. The van der Waals surface area contributed by atoms with E-state index in [9.17, 15) is 4.79 Å². The number of hydrogen-bond donors (Lipinski definition) is 2. The fourth-order valence-corrected chi connectivity index (χ4v) is 2.45. The molecule has 1 aromatic rings. The number of rotatable bonds is 6. The normalized spacial score (nSPS) is 15.3. The Kier molecular flexibility index (Phi) is 8.35. The van der Waals surface area contributed by atoms with Gasteiger partial charge in [-0.1, -0.05) is 19.1 Å². The van der Waals surface area contributed by atoms with Crippen LogP contribution in [0, 0.1) is 5.92 Å². The van der Waals surface area contributed by atoms with Crippen LogP contribution in [0.1, 0.15) is 31.7 Å². The Morgan fingerprint density at radius 3 is 2.81 bits per heavy atom. The summed E-state index contributed by atoms with van der Waals surface area (Å²) < 4.78 is 5.31. The number of anilines is 1. The highest BCUT2D eigenvalue weighted by Gasteiger charge is 2.17. The van der Waals surface area contributed by atoms with Crippen molar-refractivity contribution >= 4 is 24.0 Å². The first kappa shape index (κ1) is 18.0. The van der Waals surface area contributed by atoms with E-state index in [1.165, 1.54) is 5.56 Å². The van der Waals surface area contributed by atoms with Crippen LogP contribution in [0.3, 0.4) is 0 Å². The van der Waals surface area contributed by atoms with Gasteiger partial charge in [0.1, 0.15) is 0 Å². The Morgan fingerprint density at radius 2 is 2.10 bits per heavy atom. The molecule has 1 aliphatic heterocycles. The lowest BCUT2D eigenvalue weighted by Crippen LogP contribution is -2.22. The van der Waals surface area contributed by atoms with E-state index in [2.05, 4.69) is 23.6 Å². The first-order valence-electron chi connectivity index (χ1n) is 7.45. The molecule has 1 heterocycles. The molecule has 4 nitrogen and oxygen atoms in total. The van der Waals surface area contributed by atoms with E-state index >= 15 is 0 Å². The summed E-state index contributed by atoms with van der Waals surface area (Å²) in [6, 6.07) is 8.02. The van der Waals surface area contributed by atoms with E-state index in [-0.39, 0.29) is 18.3 Å². The molecule has 2 rings (SSSR count). The van der Waals surface area contributed by atoms with Crippen molar-refractivity contribution in [2.24, 2.45) is 5.92 Å². The van der Waals surface area contributed by atoms with Gasteiger partial charge in [-0.15, -0.1) is 12.4 Å². The zero-order valence-corrected chi connectivity index (χ0v) is 13.4. The molecule has 0 spiro atoms. The Bertz CT molecular complexity index is 434. The van der Waals surface area contributed by atoms with Crippen molar-refractivity contribution in [1.82, 2.24) is 5.32 Å². The molecule has 118 valence electrons. The standard InChI is InChI=1S/C16H24N2O2.ClH/c1-2-17-12-14-4-3-5-15(10-14)18-16(19)11-13-6-8-20-9-7-13;/h3-5,10,13,17H,2,6-9,11-12H2,1H3,(H,18,19);1H. The number of nitrogens with one attached hydrogen (secondary N) is 2. The zero-order chi connectivity index (χ0) is 14.2. The molecule has 0 aromatic heterocycles. The highest BCUT2D eigenvalue weighted by molar-refractivity contribution is 5.90. The van der Waals surface area contributed by atoms with Gasteiger partial charge in [-0.05, 0) is 43.0 Å². The summed E-state index contributed by atoms with van der Waals surface area (Å²) >= 11 is 0. The van der Waals surface area contributed by atoms with Gasteiger partial charge < -0.3 is 15.4 Å². The van der Waals surface area contributed by atoms with Gasteiger partial charge in [0, 0.05) is 31.9 Å². The van der Waals surface area contributed by atoms with Crippen LogP contribution in [0.15, 0.2) is 24.3 Å². The predicted molar refractivity (Wildman–Crippen MR) is 87.9 cm³/mol. The van der Waals surface area contributed by atoms with Crippen LogP contribution in [-0.4, -0.2) is 25.7 Å². The maximum absolute atomic E-state index is 12.0. The molecule has 1 saturated heterocycles. The number of ether oxygens (including phenoxy) is 1. The monoisotopic (exact) mass is 312 g/mol. The van der Waals surface area contributed by atoms with Crippen LogP contribution in [-0.2, 0) is 16.1 Å². The summed E-state index contributed by atoms with van der Waals surface area (Å²) in [4.78, 5) is 12.0. The minimum absolute atomic E-state index is 0. The third-order valence-electron chi connectivity index (χ3n) is 3.60. The van der Waals surface area contributed by atoms with E-state index in [0.29, 0.717) is 12.3 Å². The molecular formula is C16H25ClN2O2. The van der Waals surface area contributed by atoms with Crippen molar-refractivity contribution in [1.29, 1.82) is 0 Å².